The van der Waals surface area contributed by atoms with Gasteiger partial charge in [0.1, 0.15) is 11.6 Å². The first-order chi connectivity index (χ1) is 9.74. The maximum Gasteiger partial charge on any atom is 0.251 e. The molecule has 1 aromatic carbocycles. The zero-order valence-corrected chi connectivity index (χ0v) is 10.4. The first-order valence-electron chi connectivity index (χ1n) is 6.01. The molecule has 0 saturated carbocycles. The van der Waals surface area contributed by atoms with Crippen molar-refractivity contribution in [2.75, 3.05) is 0 Å². The molecule has 0 aliphatic carbocycles. The average Bonchev–Trinajstić information content (AvgIpc) is 2.48. The van der Waals surface area contributed by atoms with Gasteiger partial charge in [-0.1, -0.05) is 12.1 Å². The quantitative estimate of drug-likeness (QED) is 0.776. The molecule has 3 aromatic rings. The Labute approximate surface area is 114 Å². The van der Waals surface area contributed by atoms with Crippen molar-refractivity contribution >= 4 is 0 Å². The van der Waals surface area contributed by atoms with Gasteiger partial charge < -0.3 is 4.98 Å². The van der Waals surface area contributed by atoms with Crippen LogP contribution in [-0.2, 0) is 0 Å². The monoisotopic (exact) mass is 267 g/mol. The summed E-state index contributed by atoms with van der Waals surface area (Å²) in [5, 5.41) is 0. The number of halogens is 1. The van der Waals surface area contributed by atoms with Crippen molar-refractivity contribution in [3.05, 3.63) is 71.0 Å². The van der Waals surface area contributed by atoms with Crippen molar-refractivity contribution in [2.24, 2.45) is 0 Å². The average molecular weight is 267 g/mol. The minimum atomic E-state index is -0.428. The highest BCUT2D eigenvalue weighted by Gasteiger charge is 2.09. The molecule has 20 heavy (non-hydrogen) atoms. The summed E-state index contributed by atoms with van der Waals surface area (Å²) in [5.41, 5.74) is 1.17. The number of hydrogen-bond acceptors (Lipinski definition) is 3. The molecule has 0 fully saturated rings. The summed E-state index contributed by atoms with van der Waals surface area (Å²) >= 11 is 0. The van der Waals surface area contributed by atoms with Crippen molar-refractivity contribution in [3.63, 3.8) is 0 Å². The number of benzene rings is 1. The van der Waals surface area contributed by atoms with Gasteiger partial charge in [0, 0.05) is 24.0 Å². The Morgan fingerprint density at radius 3 is 2.55 bits per heavy atom. The maximum atomic E-state index is 13.8. The van der Waals surface area contributed by atoms with Crippen LogP contribution in [-0.4, -0.2) is 15.0 Å². The van der Waals surface area contributed by atoms with Crippen molar-refractivity contribution in [2.45, 2.75) is 0 Å². The van der Waals surface area contributed by atoms with E-state index in [9.17, 15) is 9.18 Å². The van der Waals surface area contributed by atoms with Gasteiger partial charge >= 0.3 is 0 Å². The van der Waals surface area contributed by atoms with E-state index < -0.39 is 5.82 Å². The lowest BCUT2D eigenvalue weighted by Gasteiger charge is -2.05. The van der Waals surface area contributed by atoms with E-state index in [2.05, 4.69) is 15.0 Å². The van der Waals surface area contributed by atoms with Crippen molar-refractivity contribution < 1.29 is 4.39 Å². The van der Waals surface area contributed by atoms with Gasteiger partial charge in [0.15, 0.2) is 0 Å². The molecule has 0 spiro atoms. The third-order valence-corrected chi connectivity index (χ3v) is 2.85. The second-order valence-corrected chi connectivity index (χ2v) is 4.19. The summed E-state index contributed by atoms with van der Waals surface area (Å²) in [6, 6.07) is 11.0. The number of pyridine rings is 1. The van der Waals surface area contributed by atoms with Crippen LogP contribution in [0.4, 0.5) is 4.39 Å². The fourth-order valence-electron chi connectivity index (χ4n) is 1.91. The van der Waals surface area contributed by atoms with Crippen molar-refractivity contribution in [3.8, 4) is 22.6 Å². The standard InChI is InChI=1S/C15H10FN3O/c16-12-4-2-1-3-11(12)15-18-13(9-14(20)19-15)10-5-7-17-8-6-10/h1-9H,(H,18,19,20). The first kappa shape index (κ1) is 12.2. The molecule has 5 heteroatoms. The van der Waals surface area contributed by atoms with Gasteiger partial charge in [-0.25, -0.2) is 9.37 Å². The second-order valence-electron chi connectivity index (χ2n) is 4.19. The van der Waals surface area contributed by atoms with E-state index in [4.69, 9.17) is 0 Å². The number of hydrogen-bond donors (Lipinski definition) is 1. The Morgan fingerprint density at radius 2 is 1.80 bits per heavy atom. The van der Waals surface area contributed by atoms with Crippen LogP contribution in [0.1, 0.15) is 0 Å². The smallest absolute Gasteiger partial charge is 0.251 e. The third-order valence-electron chi connectivity index (χ3n) is 2.85. The van der Waals surface area contributed by atoms with Crippen LogP contribution in [0, 0.1) is 5.82 Å². The normalized spacial score (nSPS) is 10.4. The van der Waals surface area contributed by atoms with Crippen LogP contribution in [0.3, 0.4) is 0 Å². The van der Waals surface area contributed by atoms with Crippen LogP contribution >= 0.6 is 0 Å². The topological polar surface area (TPSA) is 58.6 Å². The molecule has 0 saturated heterocycles. The summed E-state index contributed by atoms with van der Waals surface area (Å²) in [6.45, 7) is 0. The van der Waals surface area contributed by atoms with Gasteiger partial charge in [-0.3, -0.25) is 9.78 Å². The van der Waals surface area contributed by atoms with Gasteiger partial charge in [0.05, 0.1) is 11.3 Å². The molecular formula is C15H10FN3O. The molecule has 98 valence electrons. The summed E-state index contributed by atoms with van der Waals surface area (Å²) < 4.78 is 13.8. The number of H-pyrrole nitrogens is 1. The minimum Gasteiger partial charge on any atom is -0.306 e. The molecule has 2 heterocycles. The Hall–Kier alpha value is -2.82. The Balaban J connectivity index is 2.18. The SMILES string of the molecule is O=c1cc(-c2ccncc2)nc(-c2ccccc2F)[nH]1. The molecule has 0 amide bonds. The fraction of sp³-hybridized carbons (Fsp3) is 0. The van der Waals surface area contributed by atoms with Crippen molar-refractivity contribution in [1.29, 1.82) is 0 Å². The molecule has 0 radical (unpaired) electrons. The zero-order chi connectivity index (χ0) is 13.9. The van der Waals surface area contributed by atoms with Gasteiger partial charge in [-0.2, -0.15) is 0 Å². The molecule has 1 N–H and O–H groups in total. The van der Waals surface area contributed by atoms with Gasteiger partial charge in [0.25, 0.3) is 5.56 Å². The van der Waals surface area contributed by atoms with Gasteiger partial charge in [-0.15, -0.1) is 0 Å². The minimum absolute atomic E-state index is 0.211. The molecule has 2 aromatic heterocycles. The number of nitrogens with one attached hydrogen (secondary N) is 1. The molecular weight excluding hydrogens is 257 g/mol. The Morgan fingerprint density at radius 1 is 1.05 bits per heavy atom. The molecule has 0 bridgehead atoms. The van der Waals surface area contributed by atoms with Crippen molar-refractivity contribution in [1.82, 2.24) is 15.0 Å². The second kappa shape index (κ2) is 5.05. The van der Waals surface area contributed by atoms with E-state index in [0.717, 1.165) is 5.56 Å². The molecule has 0 atom stereocenters. The van der Waals surface area contributed by atoms with Gasteiger partial charge in [0.2, 0.25) is 0 Å². The predicted octanol–water partition coefficient (Wildman–Crippen LogP) is 2.64. The molecule has 0 aliphatic rings. The number of aromatic nitrogens is 3. The van der Waals surface area contributed by atoms with Crippen LogP contribution in [0.2, 0.25) is 0 Å². The van der Waals surface area contributed by atoms with E-state index in [1.54, 1.807) is 42.7 Å². The van der Waals surface area contributed by atoms with E-state index in [1.165, 1.54) is 12.1 Å². The summed E-state index contributed by atoms with van der Waals surface area (Å²) in [7, 11) is 0. The zero-order valence-electron chi connectivity index (χ0n) is 10.4. The van der Waals surface area contributed by atoms with Crippen LogP contribution in [0.5, 0.6) is 0 Å². The molecule has 0 unspecified atom stereocenters. The number of rotatable bonds is 2. The fourth-order valence-corrected chi connectivity index (χ4v) is 1.91. The predicted molar refractivity (Wildman–Crippen MR) is 73.5 cm³/mol. The van der Waals surface area contributed by atoms with E-state index in [1.807, 2.05) is 0 Å². The highest BCUT2D eigenvalue weighted by molar-refractivity contribution is 5.63. The number of aromatic amines is 1. The van der Waals surface area contributed by atoms with Crippen LogP contribution < -0.4 is 5.56 Å². The van der Waals surface area contributed by atoms with Crippen LogP contribution in [0.15, 0.2) is 59.7 Å². The lowest BCUT2D eigenvalue weighted by atomic mass is 10.1. The van der Waals surface area contributed by atoms with Gasteiger partial charge in [-0.05, 0) is 24.3 Å². The third kappa shape index (κ3) is 2.33. The molecule has 3 rings (SSSR count). The Kier molecular flexibility index (Phi) is 3.09. The summed E-state index contributed by atoms with van der Waals surface area (Å²) in [6.07, 6.45) is 3.22. The lowest BCUT2D eigenvalue weighted by molar-refractivity contribution is 0.630. The lowest BCUT2D eigenvalue weighted by Crippen LogP contribution is -2.09. The van der Waals surface area contributed by atoms with E-state index >= 15 is 0 Å². The summed E-state index contributed by atoms with van der Waals surface area (Å²) in [4.78, 5) is 22.5. The molecule has 0 aliphatic heterocycles. The van der Waals surface area contributed by atoms with E-state index in [-0.39, 0.29) is 16.9 Å². The highest BCUT2D eigenvalue weighted by atomic mass is 19.1. The maximum absolute atomic E-state index is 13.8. The highest BCUT2D eigenvalue weighted by Crippen LogP contribution is 2.20. The van der Waals surface area contributed by atoms with E-state index in [0.29, 0.717) is 5.69 Å². The first-order valence-corrected chi connectivity index (χ1v) is 6.01. The largest absolute Gasteiger partial charge is 0.306 e. The summed E-state index contributed by atoms with van der Waals surface area (Å²) in [5.74, 6) is -0.218. The Bertz CT molecular complexity index is 799. The van der Waals surface area contributed by atoms with Crippen LogP contribution in [0.25, 0.3) is 22.6 Å². The number of nitrogens with zero attached hydrogens (tertiary/aromatic N) is 2. The molecule has 4 nitrogen and oxygen atoms in total.